The first-order valence-corrected chi connectivity index (χ1v) is 14.3. The molecular weight excluding hydrogens is 528 g/mol. The van der Waals surface area contributed by atoms with E-state index in [0.29, 0.717) is 41.2 Å². The number of fused-ring (bicyclic) bond motifs is 1. The van der Waals surface area contributed by atoms with Crippen LogP contribution in [0.5, 0.6) is 0 Å². The maximum atomic E-state index is 12.8. The fourth-order valence-electron chi connectivity index (χ4n) is 4.83. The second-order valence-electron chi connectivity index (χ2n) is 11.4. The molecular formula is C26H31ClN6O4S. The van der Waals surface area contributed by atoms with E-state index in [1.807, 2.05) is 20.8 Å². The van der Waals surface area contributed by atoms with Gasteiger partial charge in [-0.1, -0.05) is 37.6 Å². The Kier molecular flexibility index (Phi) is 7.10. The van der Waals surface area contributed by atoms with Gasteiger partial charge in [0.1, 0.15) is 5.60 Å². The standard InChI is InChI=1S/C26H31ClN6O4S/c1-25(2,3)37-24(34)33-13-15(10-26(4,5)14-33)31-23-30-12-18(27)20(32-23)17-11-29-21-16(17)8-9-19(28-6)22(21)38(7,35)36/h8-9,11-12,15,29H,10,13-14H2,1-5,7H3,(H,30,31,32)/t15-/m0/s1. The van der Waals surface area contributed by atoms with Gasteiger partial charge in [-0.3, -0.25) is 0 Å². The third-order valence-electron chi connectivity index (χ3n) is 6.12. The number of carbonyl (C=O) groups excluding carboxylic acids is 1. The van der Waals surface area contributed by atoms with Crippen molar-refractivity contribution < 1.29 is 17.9 Å². The van der Waals surface area contributed by atoms with Crippen molar-refractivity contribution in [2.75, 3.05) is 24.7 Å². The molecule has 1 aromatic carbocycles. The van der Waals surface area contributed by atoms with Crippen LogP contribution in [0, 0.1) is 12.0 Å². The number of carbonyl (C=O) groups is 1. The second kappa shape index (κ2) is 9.75. The van der Waals surface area contributed by atoms with Crippen LogP contribution in [0.3, 0.4) is 0 Å². The molecule has 1 atom stereocenters. The number of nitrogens with one attached hydrogen (secondary N) is 2. The molecule has 0 aliphatic carbocycles. The van der Waals surface area contributed by atoms with Crippen LogP contribution in [0.2, 0.25) is 5.02 Å². The molecule has 1 saturated heterocycles. The van der Waals surface area contributed by atoms with Crippen LogP contribution < -0.4 is 5.32 Å². The van der Waals surface area contributed by atoms with Crippen LogP contribution in [0.15, 0.2) is 29.4 Å². The molecule has 1 amide bonds. The molecule has 4 rings (SSSR count). The second-order valence-corrected chi connectivity index (χ2v) is 13.7. The van der Waals surface area contributed by atoms with Crippen LogP contribution in [-0.2, 0) is 14.6 Å². The van der Waals surface area contributed by atoms with Crippen molar-refractivity contribution in [2.45, 2.75) is 57.6 Å². The number of aromatic nitrogens is 3. The number of anilines is 1. The Balaban J connectivity index is 1.67. The average Bonchev–Trinajstić information content (AvgIpc) is 3.20. The van der Waals surface area contributed by atoms with E-state index in [4.69, 9.17) is 22.9 Å². The highest BCUT2D eigenvalue weighted by Crippen LogP contribution is 2.39. The molecule has 1 aliphatic heterocycles. The molecule has 2 N–H and O–H groups in total. The lowest BCUT2D eigenvalue weighted by molar-refractivity contribution is 0.00710. The molecule has 0 saturated carbocycles. The first kappa shape index (κ1) is 27.7. The molecule has 0 radical (unpaired) electrons. The van der Waals surface area contributed by atoms with E-state index < -0.39 is 15.4 Å². The van der Waals surface area contributed by atoms with E-state index in [1.54, 1.807) is 17.2 Å². The van der Waals surface area contributed by atoms with E-state index in [9.17, 15) is 13.2 Å². The van der Waals surface area contributed by atoms with Gasteiger partial charge in [0.25, 0.3) is 0 Å². The maximum Gasteiger partial charge on any atom is 0.410 e. The Morgan fingerprint density at radius 2 is 2.05 bits per heavy atom. The summed E-state index contributed by atoms with van der Waals surface area (Å²) in [6.07, 6.45) is 4.59. The molecule has 3 heterocycles. The molecule has 1 aliphatic rings. The van der Waals surface area contributed by atoms with Crippen molar-refractivity contribution in [1.82, 2.24) is 19.9 Å². The van der Waals surface area contributed by atoms with Crippen molar-refractivity contribution in [3.8, 4) is 11.3 Å². The third kappa shape index (κ3) is 5.87. The fourth-order valence-corrected chi connectivity index (χ4v) is 6.06. The quantitative estimate of drug-likeness (QED) is 0.395. The number of halogens is 1. The highest BCUT2D eigenvalue weighted by Gasteiger charge is 2.37. The van der Waals surface area contributed by atoms with E-state index in [1.165, 1.54) is 12.3 Å². The predicted molar refractivity (Wildman–Crippen MR) is 147 cm³/mol. The van der Waals surface area contributed by atoms with Gasteiger partial charge in [-0.15, -0.1) is 0 Å². The van der Waals surface area contributed by atoms with Gasteiger partial charge in [0.15, 0.2) is 9.84 Å². The number of rotatable bonds is 4. The molecule has 0 bridgehead atoms. The van der Waals surface area contributed by atoms with Crippen molar-refractivity contribution in [3.63, 3.8) is 0 Å². The molecule has 2 aromatic heterocycles. The molecule has 0 unspecified atom stereocenters. The Morgan fingerprint density at radius 3 is 2.68 bits per heavy atom. The van der Waals surface area contributed by atoms with Gasteiger partial charge >= 0.3 is 6.09 Å². The minimum atomic E-state index is -3.68. The van der Waals surface area contributed by atoms with E-state index in [0.717, 1.165) is 12.7 Å². The fraction of sp³-hybridized carbons (Fsp3) is 0.462. The summed E-state index contributed by atoms with van der Waals surface area (Å²) in [4.78, 5) is 29.8. The topological polar surface area (TPSA) is 122 Å². The predicted octanol–water partition coefficient (Wildman–Crippen LogP) is 5.68. The number of benzene rings is 1. The van der Waals surface area contributed by atoms with Gasteiger partial charge in [-0.05, 0) is 32.6 Å². The molecule has 202 valence electrons. The highest BCUT2D eigenvalue weighted by molar-refractivity contribution is 7.91. The summed E-state index contributed by atoms with van der Waals surface area (Å²) in [5.74, 6) is 0.326. The van der Waals surface area contributed by atoms with Crippen molar-refractivity contribution in [1.29, 1.82) is 0 Å². The number of likely N-dealkylation sites (tertiary alicyclic amines) is 1. The summed E-state index contributed by atoms with van der Waals surface area (Å²) in [6.45, 7) is 18.1. The van der Waals surface area contributed by atoms with Gasteiger partial charge in [0.2, 0.25) is 11.6 Å². The zero-order valence-corrected chi connectivity index (χ0v) is 23.8. The van der Waals surface area contributed by atoms with Crippen molar-refractivity contribution >= 4 is 50.1 Å². The number of amides is 1. The molecule has 12 heteroatoms. The number of hydrogen-bond donors (Lipinski definition) is 2. The molecule has 1 fully saturated rings. The lowest BCUT2D eigenvalue weighted by Crippen LogP contribution is -2.53. The molecule has 38 heavy (non-hydrogen) atoms. The molecule has 10 nitrogen and oxygen atoms in total. The largest absolute Gasteiger partial charge is 0.444 e. The molecule has 3 aromatic rings. The SMILES string of the molecule is [C-]#[N+]c1ccc2c(-c3nc(N[C@@H]4CN(C(=O)OC(C)(C)C)CC(C)(C)C4)ncc3Cl)c[nH]c2c1S(C)(=O)=O. The summed E-state index contributed by atoms with van der Waals surface area (Å²) in [7, 11) is -3.68. The van der Waals surface area contributed by atoms with E-state index >= 15 is 0 Å². The highest BCUT2D eigenvalue weighted by atomic mass is 35.5. The summed E-state index contributed by atoms with van der Waals surface area (Å²) >= 11 is 6.49. The number of sulfone groups is 1. The maximum absolute atomic E-state index is 12.8. The number of aromatic amines is 1. The lowest BCUT2D eigenvalue weighted by atomic mass is 9.82. The zero-order valence-electron chi connectivity index (χ0n) is 22.2. The van der Waals surface area contributed by atoms with Gasteiger partial charge in [-0.25, -0.2) is 28.0 Å². The normalized spacial score (nSPS) is 17.7. The van der Waals surface area contributed by atoms with Crippen molar-refractivity contribution in [2.24, 2.45) is 5.41 Å². The average molecular weight is 559 g/mol. The van der Waals surface area contributed by atoms with E-state index in [-0.39, 0.29) is 33.2 Å². The minimum absolute atomic E-state index is 0.0407. The van der Waals surface area contributed by atoms with Crippen LogP contribution in [0.1, 0.15) is 41.0 Å². The van der Waals surface area contributed by atoms with Crippen LogP contribution in [0.25, 0.3) is 27.0 Å². The first-order chi connectivity index (χ1) is 17.6. The van der Waals surface area contributed by atoms with Crippen LogP contribution in [-0.4, -0.2) is 65.4 Å². The Labute approximate surface area is 227 Å². The number of nitrogens with zero attached hydrogens (tertiary/aromatic N) is 4. The van der Waals surface area contributed by atoms with Crippen LogP contribution in [0.4, 0.5) is 16.4 Å². The Hall–Kier alpha value is -3.36. The Morgan fingerprint density at radius 1 is 1.34 bits per heavy atom. The van der Waals surface area contributed by atoms with Crippen molar-refractivity contribution in [3.05, 3.63) is 41.0 Å². The summed E-state index contributed by atoms with van der Waals surface area (Å²) in [5.41, 5.74) is 0.588. The van der Waals surface area contributed by atoms with Gasteiger partial charge < -0.3 is 19.9 Å². The van der Waals surface area contributed by atoms with E-state index in [2.05, 4.69) is 39.0 Å². The third-order valence-corrected chi connectivity index (χ3v) is 7.55. The summed E-state index contributed by atoms with van der Waals surface area (Å²) in [6, 6.07) is 3.02. The smallest absolute Gasteiger partial charge is 0.410 e. The zero-order chi connectivity index (χ0) is 28.0. The number of H-pyrrole nitrogens is 1. The number of hydrogen-bond acceptors (Lipinski definition) is 7. The number of ether oxygens (including phenoxy) is 1. The summed E-state index contributed by atoms with van der Waals surface area (Å²) < 4.78 is 30.5. The summed E-state index contributed by atoms with van der Waals surface area (Å²) in [5, 5.41) is 4.19. The van der Waals surface area contributed by atoms with Gasteiger partial charge in [0.05, 0.1) is 33.9 Å². The minimum Gasteiger partial charge on any atom is -0.444 e. The van der Waals surface area contributed by atoms with Gasteiger partial charge in [0, 0.05) is 42.5 Å². The van der Waals surface area contributed by atoms with Gasteiger partial charge in [-0.2, -0.15) is 0 Å². The molecule has 0 spiro atoms. The monoisotopic (exact) mass is 558 g/mol. The lowest BCUT2D eigenvalue weighted by Gasteiger charge is -2.42. The first-order valence-electron chi connectivity index (χ1n) is 12.1. The Bertz CT molecular complexity index is 1550. The number of piperidine rings is 1. The van der Waals surface area contributed by atoms with Crippen LogP contribution >= 0.6 is 11.6 Å².